The van der Waals surface area contributed by atoms with Crippen LogP contribution in [-0.4, -0.2) is 53.8 Å². The fourth-order valence-corrected chi connectivity index (χ4v) is 2.71. The minimum atomic E-state index is -1.08. The van der Waals surface area contributed by atoms with Gasteiger partial charge in [-0.2, -0.15) is 0 Å². The smallest absolute Gasteiger partial charge is 0.410 e. The molecule has 1 saturated heterocycles. The van der Waals surface area contributed by atoms with Gasteiger partial charge in [-0.15, -0.1) is 0 Å². The number of carbonyl (C=O) groups is 2. The summed E-state index contributed by atoms with van der Waals surface area (Å²) < 4.78 is 5.37. The second-order valence-corrected chi connectivity index (χ2v) is 7.09. The normalized spacial score (nSPS) is 14.6. The Morgan fingerprint density at radius 1 is 1.23 bits per heavy atom. The second-order valence-electron chi connectivity index (χ2n) is 7.09. The van der Waals surface area contributed by atoms with E-state index in [9.17, 15) is 14.7 Å². The molecule has 0 aliphatic carbocycles. The summed E-state index contributed by atoms with van der Waals surface area (Å²) in [5.74, 6) is -1.08. The zero-order valence-corrected chi connectivity index (χ0v) is 15.4. The van der Waals surface area contributed by atoms with Crippen LogP contribution in [0, 0.1) is 6.92 Å². The summed E-state index contributed by atoms with van der Waals surface area (Å²) in [4.78, 5) is 30.0. The van der Waals surface area contributed by atoms with Gasteiger partial charge in [0.15, 0.2) is 0 Å². The Kier molecular flexibility index (Phi) is 5.62. The van der Waals surface area contributed by atoms with Crippen molar-refractivity contribution in [3.05, 3.63) is 33.7 Å². The second kappa shape index (κ2) is 7.53. The molecule has 1 aliphatic heterocycles. The van der Waals surface area contributed by atoms with Crippen LogP contribution in [0.2, 0.25) is 0 Å². The average molecular weight is 361 g/mol. The van der Waals surface area contributed by atoms with Gasteiger partial charge < -0.3 is 19.6 Å². The van der Waals surface area contributed by atoms with E-state index in [0.29, 0.717) is 37.4 Å². The summed E-state index contributed by atoms with van der Waals surface area (Å²) in [6.07, 6.45) is -0.359. The number of ether oxygens (including phenoxy) is 1. The Hall–Kier alpha value is -2.93. The van der Waals surface area contributed by atoms with Crippen LogP contribution < -0.4 is 4.90 Å². The molecule has 0 spiro atoms. The molecule has 0 radical (unpaired) electrons. The molecule has 1 aliphatic rings. The third-order valence-corrected chi connectivity index (χ3v) is 4.04. The van der Waals surface area contributed by atoms with Crippen LogP contribution in [0.15, 0.2) is 17.2 Å². The number of nitrogens with zero attached hydrogens (tertiary/aromatic N) is 5. The number of benzene rings is 1. The Labute approximate surface area is 151 Å². The molecule has 1 heterocycles. The number of piperazine rings is 1. The van der Waals surface area contributed by atoms with Crippen LogP contribution >= 0.6 is 0 Å². The Bertz CT molecular complexity index is 734. The minimum Gasteiger partial charge on any atom is -0.478 e. The van der Waals surface area contributed by atoms with Crippen molar-refractivity contribution in [1.29, 1.82) is 0 Å². The molecule has 26 heavy (non-hydrogen) atoms. The molecule has 1 aromatic rings. The summed E-state index contributed by atoms with van der Waals surface area (Å²) in [5.41, 5.74) is 9.61. The van der Waals surface area contributed by atoms with E-state index in [4.69, 9.17) is 10.3 Å². The number of hydrogen-bond acceptors (Lipinski definition) is 5. The average Bonchev–Trinajstić information content (AvgIpc) is 2.55. The molecule has 9 nitrogen and oxygen atoms in total. The van der Waals surface area contributed by atoms with E-state index in [0.717, 1.165) is 0 Å². The molecule has 0 aromatic heterocycles. The maximum absolute atomic E-state index is 12.1. The standard InChI is InChI=1S/C17H23N5O4/c1-11-13(15(23)24)9-12(10-14(11)19-20-18)21-5-7-22(8-6-21)16(25)26-17(2,3)4/h9-10H,5-8H2,1-4H3,(H,23,24). The molecule has 1 N–H and O–H groups in total. The van der Waals surface area contributed by atoms with Crippen molar-refractivity contribution in [2.75, 3.05) is 31.1 Å². The summed E-state index contributed by atoms with van der Waals surface area (Å²) in [5, 5.41) is 13.0. The van der Waals surface area contributed by atoms with E-state index in [1.807, 2.05) is 25.7 Å². The van der Waals surface area contributed by atoms with E-state index in [2.05, 4.69) is 10.0 Å². The fraction of sp³-hybridized carbons (Fsp3) is 0.529. The lowest BCUT2D eigenvalue weighted by molar-refractivity contribution is 0.0240. The fourth-order valence-electron chi connectivity index (χ4n) is 2.71. The molecule has 1 aromatic carbocycles. The number of hydrogen-bond donors (Lipinski definition) is 1. The summed E-state index contributed by atoms with van der Waals surface area (Å²) >= 11 is 0. The van der Waals surface area contributed by atoms with Gasteiger partial charge in [0.1, 0.15) is 5.60 Å². The number of aromatic carboxylic acids is 1. The van der Waals surface area contributed by atoms with E-state index >= 15 is 0 Å². The Balaban J connectivity index is 2.17. The molecule has 1 fully saturated rings. The van der Waals surface area contributed by atoms with Gasteiger partial charge in [-0.05, 0) is 50.9 Å². The van der Waals surface area contributed by atoms with Crippen LogP contribution in [0.3, 0.4) is 0 Å². The predicted octanol–water partition coefficient (Wildman–Crippen LogP) is 3.69. The maximum atomic E-state index is 12.1. The minimum absolute atomic E-state index is 0.0967. The van der Waals surface area contributed by atoms with E-state index in [1.165, 1.54) is 0 Å². The highest BCUT2D eigenvalue weighted by atomic mass is 16.6. The molecular formula is C17H23N5O4. The zero-order valence-electron chi connectivity index (χ0n) is 15.4. The van der Waals surface area contributed by atoms with E-state index < -0.39 is 11.6 Å². The van der Waals surface area contributed by atoms with Crippen LogP contribution in [0.25, 0.3) is 10.4 Å². The maximum Gasteiger partial charge on any atom is 0.410 e. The largest absolute Gasteiger partial charge is 0.478 e. The lowest BCUT2D eigenvalue weighted by atomic mass is 10.0. The molecule has 140 valence electrons. The number of carbonyl (C=O) groups excluding carboxylic acids is 1. The van der Waals surface area contributed by atoms with Crippen molar-refractivity contribution in [2.45, 2.75) is 33.3 Å². The van der Waals surface area contributed by atoms with Gasteiger partial charge in [0.2, 0.25) is 0 Å². The molecule has 0 unspecified atom stereocenters. The first kappa shape index (κ1) is 19.4. The molecule has 0 bridgehead atoms. The van der Waals surface area contributed by atoms with Crippen LogP contribution in [0.5, 0.6) is 0 Å². The van der Waals surface area contributed by atoms with Crippen molar-refractivity contribution in [2.24, 2.45) is 5.11 Å². The van der Waals surface area contributed by atoms with Gasteiger partial charge in [0.25, 0.3) is 0 Å². The number of amides is 1. The van der Waals surface area contributed by atoms with Crippen molar-refractivity contribution < 1.29 is 19.4 Å². The number of carboxylic acids is 1. The zero-order chi connectivity index (χ0) is 19.5. The topological polar surface area (TPSA) is 119 Å². The summed E-state index contributed by atoms with van der Waals surface area (Å²) in [6, 6.07) is 3.24. The monoisotopic (exact) mass is 361 g/mol. The van der Waals surface area contributed by atoms with Crippen molar-refractivity contribution in [3.8, 4) is 0 Å². The quantitative estimate of drug-likeness (QED) is 0.500. The highest BCUT2D eigenvalue weighted by molar-refractivity contribution is 5.92. The van der Waals surface area contributed by atoms with E-state index in [1.54, 1.807) is 24.0 Å². The third kappa shape index (κ3) is 4.58. The lowest BCUT2D eigenvalue weighted by Crippen LogP contribution is -2.50. The summed E-state index contributed by atoms with van der Waals surface area (Å²) in [7, 11) is 0. The first-order valence-electron chi connectivity index (χ1n) is 8.28. The Morgan fingerprint density at radius 2 is 1.85 bits per heavy atom. The number of carboxylic acid groups (broad SMARTS) is 1. The van der Waals surface area contributed by atoms with Gasteiger partial charge in [0.05, 0.1) is 5.56 Å². The van der Waals surface area contributed by atoms with Crippen molar-refractivity contribution >= 4 is 23.4 Å². The third-order valence-electron chi connectivity index (χ3n) is 4.04. The highest BCUT2D eigenvalue weighted by Crippen LogP contribution is 2.30. The van der Waals surface area contributed by atoms with Gasteiger partial charge >= 0.3 is 12.1 Å². The number of azide groups is 1. The molecule has 0 atom stereocenters. The van der Waals surface area contributed by atoms with Crippen LogP contribution in [0.4, 0.5) is 16.2 Å². The number of anilines is 1. The van der Waals surface area contributed by atoms with Crippen molar-refractivity contribution in [3.63, 3.8) is 0 Å². The Morgan fingerprint density at radius 3 is 2.35 bits per heavy atom. The molecule has 0 saturated carbocycles. The predicted molar refractivity (Wildman–Crippen MR) is 97.0 cm³/mol. The van der Waals surface area contributed by atoms with Crippen LogP contribution in [-0.2, 0) is 4.74 Å². The molecule has 1 amide bonds. The first-order valence-corrected chi connectivity index (χ1v) is 8.28. The van der Waals surface area contributed by atoms with Crippen molar-refractivity contribution in [1.82, 2.24) is 4.90 Å². The molecule has 2 rings (SSSR count). The van der Waals surface area contributed by atoms with Crippen LogP contribution in [0.1, 0.15) is 36.7 Å². The summed E-state index contributed by atoms with van der Waals surface area (Å²) in [6.45, 7) is 9.03. The van der Waals surface area contributed by atoms with Gasteiger partial charge in [0, 0.05) is 42.5 Å². The van der Waals surface area contributed by atoms with Gasteiger partial charge in [-0.1, -0.05) is 5.11 Å². The van der Waals surface area contributed by atoms with Gasteiger partial charge in [-0.25, -0.2) is 9.59 Å². The number of rotatable bonds is 3. The van der Waals surface area contributed by atoms with E-state index in [-0.39, 0.29) is 17.3 Å². The highest BCUT2D eigenvalue weighted by Gasteiger charge is 2.26. The molecular weight excluding hydrogens is 338 g/mol. The molecule has 9 heteroatoms. The first-order chi connectivity index (χ1) is 12.1. The lowest BCUT2D eigenvalue weighted by Gasteiger charge is -2.37. The SMILES string of the molecule is Cc1c(N=[N+]=[N-])cc(N2CCN(C(=O)OC(C)(C)C)CC2)cc1C(=O)O. The van der Waals surface area contributed by atoms with Gasteiger partial charge in [-0.3, -0.25) is 0 Å².